The number of nitrogens with zero attached hydrogens (tertiary/aromatic N) is 2. The summed E-state index contributed by atoms with van der Waals surface area (Å²) in [6.07, 6.45) is 0. The maximum atomic E-state index is 9.77. The van der Waals surface area contributed by atoms with Crippen LogP contribution >= 0.6 is 0 Å². The standard InChI is InChI=1S/C11H12N2O/c1-8-9(2)12-13(11(8)14)10-6-4-3-5-7-10/h3-7,14H,1-2H3. The molecule has 72 valence electrons. The van der Waals surface area contributed by atoms with Crippen LogP contribution in [0.25, 0.3) is 5.69 Å². The van der Waals surface area contributed by atoms with Gasteiger partial charge in [0.1, 0.15) is 0 Å². The zero-order chi connectivity index (χ0) is 10.1. The van der Waals surface area contributed by atoms with E-state index in [0.717, 1.165) is 16.9 Å². The molecule has 1 aromatic heterocycles. The van der Waals surface area contributed by atoms with Crippen molar-refractivity contribution in [2.45, 2.75) is 13.8 Å². The Bertz CT molecular complexity index is 446. The van der Waals surface area contributed by atoms with Gasteiger partial charge in [0.25, 0.3) is 0 Å². The maximum Gasteiger partial charge on any atom is 0.217 e. The lowest BCUT2D eigenvalue weighted by Crippen LogP contribution is -1.95. The van der Waals surface area contributed by atoms with Gasteiger partial charge in [-0.2, -0.15) is 5.10 Å². The van der Waals surface area contributed by atoms with Crippen molar-refractivity contribution in [1.82, 2.24) is 9.78 Å². The van der Waals surface area contributed by atoms with E-state index in [1.807, 2.05) is 44.2 Å². The third kappa shape index (κ3) is 1.27. The van der Waals surface area contributed by atoms with E-state index >= 15 is 0 Å². The average molecular weight is 188 g/mol. The second-order valence-corrected chi connectivity index (χ2v) is 3.28. The number of para-hydroxylation sites is 1. The summed E-state index contributed by atoms with van der Waals surface area (Å²) in [5, 5.41) is 14.0. The van der Waals surface area contributed by atoms with Gasteiger partial charge in [0.15, 0.2) is 0 Å². The highest BCUT2D eigenvalue weighted by molar-refractivity contribution is 5.39. The van der Waals surface area contributed by atoms with Gasteiger partial charge in [-0.15, -0.1) is 0 Å². The molecule has 2 aromatic rings. The van der Waals surface area contributed by atoms with Crippen molar-refractivity contribution in [1.29, 1.82) is 0 Å². The molecule has 0 spiro atoms. The Morgan fingerprint density at radius 2 is 1.79 bits per heavy atom. The van der Waals surface area contributed by atoms with E-state index in [-0.39, 0.29) is 5.88 Å². The average Bonchev–Trinajstić information content (AvgIpc) is 2.47. The SMILES string of the molecule is Cc1nn(-c2ccccc2)c(O)c1C. The molecule has 0 saturated heterocycles. The maximum absolute atomic E-state index is 9.77. The van der Waals surface area contributed by atoms with E-state index in [4.69, 9.17) is 0 Å². The molecule has 0 aliphatic carbocycles. The fourth-order valence-corrected chi connectivity index (χ4v) is 1.34. The van der Waals surface area contributed by atoms with Gasteiger partial charge in [-0.25, -0.2) is 4.68 Å². The molecule has 0 radical (unpaired) electrons. The summed E-state index contributed by atoms with van der Waals surface area (Å²) in [5.74, 6) is 0.216. The molecule has 3 nitrogen and oxygen atoms in total. The molecule has 0 bridgehead atoms. The minimum Gasteiger partial charge on any atom is -0.493 e. The lowest BCUT2D eigenvalue weighted by atomic mass is 10.3. The third-order valence-electron chi connectivity index (χ3n) is 2.33. The van der Waals surface area contributed by atoms with Crippen LogP contribution in [0.4, 0.5) is 0 Å². The predicted octanol–water partition coefficient (Wildman–Crippen LogP) is 2.19. The van der Waals surface area contributed by atoms with Crippen LogP contribution in [0.15, 0.2) is 30.3 Å². The Morgan fingerprint density at radius 3 is 2.29 bits per heavy atom. The number of benzene rings is 1. The second kappa shape index (κ2) is 3.18. The first-order chi connectivity index (χ1) is 6.70. The van der Waals surface area contributed by atoms with Crippen LogP contribution in [0.3, 0.4) is 0 Å². The Kier molecular flexibility index (Phi) is 2.00. The first-order valence-electron chi connectivity index (χ1n) is 4.51. The van der Waals surface area contributed by atoms with Gasteiger partial charge in [-0.3, -0.25) is 0 Å². The smallest absolute Gasteiger partial charge is 0.217 e. The summed E-state index contributed by atoms with van der Waals surface area (Å²) in [7, 11) is 0. The minimum absolute atomic E-state index is 0.216. The molecule has 1 aromatic carbocycles. The predicted molar refractivity (Wildman–Crippen MR) is 54.7 cm³/mol. The van der Waals surface area contributed by atoms with Crippen LogP contribution < -0.4 is 0 Å². The summed E-state index contributed by atoms with van der Waals surface area (Å²) in [6.45, 7) is 3.74. The van der Waals surface area contributed by atoms with Crippen molar-refractivity contribution in [2.24, 2.45) is 0 Å². The van der Waals surface area contributed by atoms with Crippen LogP contribution in [0.2, 0.25) is 0 Å². The molecule has 2 rings (SSSR count). The molecule has 0 unspecified atom stereocenters. The lowest BCUT2D eigenvalue weighted by molar-refractivity contribution is 0.430. The van der Waals surface area contributed by atoms with E-state index in [1.54, 1.807) is 4.68 Å². The van der Waals surface area contributed by atoms with Crippen molar-refractivity contribution in [3.63, 3.8) is 0 Å². The van der Waals surface area contributed by atoms with Crippen LogP contribution in [0, 0.1) is 13.8 Å². The van der Waals surface area contributed by atoms with Crippen molar-refractivity contribution in [2.75, 3.05) is 0 Å². The van der Waals surface area contributed by atoms with E-state index < -0.39 is 0 Å². The second-order valence-electron chi connectivity index (χ2n) is 3.28. The van der Waals surface area contributed by atoms with Gasteiger partial charge >= 0.3 is 0 Å². The molecule has 0 amide bonds. The number of hydrogen-bond acceptors (Lipinski definition) is 2. The number of aromatic nitrogens is 2. The zero-order valence-electron chi connectivity index (χ0n) is 8.23. The van der Waals surface area contributed by atoms with Gasteiger partial charge in [0.2, 0.25) is 5.88 Å². The van der Waals surface area contributed by atoms with Crippen molar-refractivity contribution >= 4 is 0 Å². The first kappa shape index (κ1) is 8.81. The fourth-order valence-electron chi connectivity index (χ4n) is 1.34. The Hall–Kier alpha value is -1.77. The van der Waals surface area contributed by atoms with E-state index in [1.165, 1.54) is 0 Å². The highest BCUT2D eigenvalue weighted by atomic mass is 16.3. The topological polar surface area (TPSA) is 38.0 Å². The molecule has 14 heavy (non-hydrogen) atoms. The van der Waals surface area contributed by atoms with Crippen LogP contribution in [-0.2, 0) is 0 Å². The van der Waals surface area contributed by atoms with Crippen LogP contribution in [0.1, 0.15) is 11.3 Å². The number of rotatable bonds is 1. The molecule has 3 heteroatoms. The molecular formula is C11H12N2O. The Balaban J connectivity index is 2.58. The van der Waals surface area contributed by atoms with E-state index in [9.17, 15) is 5.11 Å². The normalized spacial score (nSPS) is 10.4. The van der Waals surface area contributed by atoms with Crippen LogP contribution in [0.5, 0.6) is 5.88 Å². The highest BCUT2D eigenvalue weighted by Crippen LogP contribution is 2.22. The van der Waals surface area contributed by atoms with Crippen molar-refractivity contribution < 1.29 is 5.11 Å². The molecule has 0 aliphatic heterocycles. The summed E-state index contributed by atoms with van der Waals surface area (Å²) in [5.41, 5.74) is 2.56. The molecule has 1 N–H and O–H groups in total. The van der Waals surface area contributed by atoms with Gasteiger partial charge < -0.3 is 5.11 Å². The molecule has 0 fully saturated rings. The van der Waals surface area contributed by atoms with E-state index in [0.29, 0.717) is 0 Å². The first-order valence-corrected chi connectivity index (χ1v) is 4.51. The van der Waals surface area contributed by atoms with Gasteiger partial charge in [0.05, 0.1) is 11.4 Å². The number of aryl methyl sites for hydroxylation is 1. The van der Waals surface area contributed by atoms with Crippen LogP contribution in [-0.4, -0.2) is 14.9 Å². The van der Waals surface area contributed by atoms with Crippen molar-refractivity contribution in [3.05, 3.63) is 41.6 Å². The Morgan fingerprint density at radius 1 is 1.14 bits per heavy atom. The lowest BCUT2D eigenvalue weighted by Gasteiger charge is -2.01. The van der Waals surface area contributed by atoms with Gasteiger partial charge in [0, 0.05) is 5.56 Å². The zero-order valence-corrected chi connectivity index (χ0v) is 8.23. The molecular weight excluding hydrogens is 176 g/mol. The summed E-state index contributed by atoms with van der Waals surface area (Å²) >= 11 is 0. The van der Waals surface area contributed by atoms with E-state index in [2.05, 4.69) is 5.10 Å². The largest absolute Gasteiger partial charge is 0.493 e. The molecule has 0 saturated carbocycles. The minimum atomic E-state index is 0.216. The quantitative estimate of drug-likeness (QED) is 0.745. The third-order valence-corrected chi connectivity index (χ3v) is 2.33. The van der Waals surface area contributed by atoms with Crippen molar-refractivity contribution in [3.8, 4) is 11.6 Å². The monoisotopic (exact) mass is 188 g/mol. The molecule has 1 heterocycles. The summed E-state index contributed by atoms with van der Waals surface area (Å²) < 4.78 is 1.55. The summed E-state index contributed by atoms with van der Waals surface area (Å²) in [6, 6.07) is 9.59. The summed E-state index contributed by atoms with van der Waals surface area (Å²) in [4.78, 5) is 0. The number of hydrogen-bond donors (Lipinski definition) is 1. The highest BCUT2D eigenvalue weighted by Gasteiger charge is 2.10. The fraction of sp³-hybridized carbons (Fsp3) is 0.182. The van der Waals surface area contributed by atoms with Gasteiger partial charge in [-0.1, -0.05) is 18.2 Å². The number of aromatic hydroxyl groups is 1. The van der Waals surface area contributed by atoms with Gasteiger partial charge in [-0.05, 0) is 26.0 Å². The molecule has 0 atom stereocenters. The molecule has 0 aliphatic rings. The Labute approximate surface area is 82.6 Å².